The van der Waals surface area contributed by atoms with Crippen molar-refractivity contribution >= 4 is 35.1 Å². The van der Waals surface area contributed by atoms with Gasteiger partial charge in [0, 0.05) is 116 Å². The molecule has 2 radical (unpaired) electrons. The third kappa shape index (κ3) is 10.2. The molecule has 288 valence electrons. The van der Waals surface area contributed by atoms with E-state index in [1.165, 1.54) is 33.8 Å². The summed E-state index contributed by atoms with van der Waals surface area (Å²) < 4.78 is 17.2. The summed E-state index contributed by atoms with van der Waals surface area (Å²) in [7, 11) is 0. The van der Waals surface area contributed by atoms with Crippen LogP contribution in [0, 0.1) is 41.9 Å². The number of carbonyl (C=O) groups excluding carboxylic acids is 2. The van der Waals surface area contributed by atoms with E-state index >= 15 is 0 Å². The number of benzene rings is 1. The van der Waals surface area contributed by atoms with Gasteiger partial charge in [0.25, 0.3) is 0 Å². The second-order valence-corrected chi connectivity index (χ2v) is 12.7. The van der Waals surface area contributed by atoms with Gasteiger partial charge in [-0.1, -0.05) is 33.3 Å². The van der Waals surface area contributed by atoms with E-state index in [-0.39, 0.29) is 145 Å². The molecule has 1 heterocycles. The van der Waals surface area contributed by atoms with Gasteiger partial charge in [0.15, 0.2) is 34.9 Å². The largest absolute Gasteiger partial charge is 0.504 e. The van der Waals surface area contributed by atoms with Crippen molar-refractivity contribution in [3.8, 4) is 17.2 Å². The molecule has 0 spiro atoms. The van der Waals surface area contributed by atoms with Gasteiger partial charge >= 0.3 is 5.97 Å². The number of rotatable bonds is 7. The number of hydrogen-bond donors (Lipinski definition) is 9. The van der Waals surface area contributed by atoms with Gasteiger partial charge in [-0.3, -0.25) is 4.79 Å². The first-order valence-electron chi connectivity index (χ1n) is 13.4. The Morgan fingerprint density at radius 3 is 1.78 bits per heavy atom. The maximum absolute atomic E-state index is 13.4. The number of aliphatic hydroxyl groups is 5. The van der Waals surface area contributed by atoms with Crippen molar-refractivity contribution in [1.82, 2.24) is 6.15 Å². The van der Waals surface area contributed by atoms with E-state index in [0.29, 0.717) is 5.57 Å². The molecule has 0 aromatic heterocycles. The smallest absolute Gasteiger partial charge is 0.338 e. The molecule has 1 aromatic rings. The summed E-state index contributed by atoms with van der Waals surface area (Å²) in [5.41, 5.74) is -8.82. The fraction of sp³-hybridized carbons (Fsp3) is 0.655. The van der Waals surface area contributed by atoms with Crippen LogP contribution in [-0.4, -0.2) is 112 Å². The number of carbonyl (C=O) groups is 2. The molecule has 0 amide bonds. The average Bonchev–Trinajstić information content (AvgIpc) is 2.94. The van der Waals surface area contributed by atoms with Gasteiger partial charge < -0.3 is 66.7 Å². The number of ether oxygens (including phenoxy) is 3. The van der Waals surface area contributed by atoms with Crippen LogP contribution in [0.15, 0.2) is 23.8 Å². The van der Waals surface area contributed by atoms with E-state index < -0.39 is 93.9 Å². The molecular weight excluding hydrogens is 1210 g/mol. The van der Waals surface area contributed by atoms with Gasteiger partial charge in [0.1, 0.15) is 36.6 Å². The fourth-order valence-corrected chi connectivity index (χ4v) is 6.21. The van der Waals surface area contributed by atoms with E-state index in [2.05, 4.69) is 0 Å². The van der Waals surface area contributed by atoms with Crippen LogP contribution in [0.2, 0.25) is 0 Å². The Morgan fingerprint density at radius 2 is 1.36 bits per heavy atom. The van der Waals surface area contributed by atoms with Crippen LogP contribution in [0.25, 0.3) is 0 Å². The summed E-state index contributed by atoms with van der Waals surface area (Å²) in [6, 6.07) is 1.68. The zero-order valence-corrected chi connectivity index (χ0v) is 43.0. The Morgan fingerprint density at radius 1 is 0.920 bits per heavy atom. The Labute approximate surface area is 379 Å². The van der Waals surface area contributed by atoms with E-state index in [4.69, 9.17) is 14.2 Å². The van der Waals surface area contributed by atoms with Gasteiger partial charge in [-0.15, -0.1) is 0 Å². The second-order valence-electron chi connectivity index (χ2n) is 12.7. The van der Waals surface area contributed by atoms with Gasteiger partial charge in [0.2, 0.25) is 0 Å². The molecule has 15 nitrogen and oxygen atoms in total. The van der Waals surface area contributed by atoms with E-state index in [0.717, 1.165) is 12.1 Å². The molecule has 21 heteroatoms. The Hall–Kier alpha value is 1.35. The SMILES string of the molecule is CC(C)=CC(=O)[C@@]1(O)C(C)(C)[C@](C)(OC2OC(COC(=O)c3cc(O)c(O)c(O)c3)C(O)C(O)C2O)C(C)(C)[C@@]1(C)O.N.O.P.S.[HH].[U].[V].[W].[Y]. The minimum atomic E-state index is -2.39. The number of esters is 1. The zero-order valence-electron chi connectivity index (χ0n) is 29.3. The molecular formula is C29H54NO14PSUVWY. The Kier molecular flexibility index (Phi) is 28.1. The average molecular weight is 1270 g/mol. The maximum atomic E-state index is 13.4. The third-order valence-corrected chi connectivity index (χ3v) is 9.69. The molecule has 1 aromatic carbocycles. The van der Waals surface area contributed by atoms with Crippen molar-refractivity contribution in [2.75, 3.05) is 6.61 Å². The minimum absolute atomic E-state index is 0. The van der Waals surface area contributed by atoms with E-state index in [1.54, 1.807) is 27.7 Å². The number of aromatic hydroxyl groups is 3. The van der Waals surface area contributed by atoms with Gasteiger partial charge in [-0.25, -0.2) is 4.79 Å². The zero-order chi connectivity index (χ0) is 32.4. The minimum Gasteiger partial charge on any atom is -0.504 e. The third-order valence-electron chi connectivity index (χ3n) is 9.69. The first-order valence-corrected chi connectivity index (χ1v) is 13.4. The first kappa shape index (κ1) is 63.3. The number of aliphatic hydroxyl groups excluding tert-OH is 3. The maximum Gasteiger partial charge on any atom is 0.338 e. The molecule has 6 unspecified atom stereocenters. The standard InChI is InChI=1S/C29H42O13.H3N.H2O.H3P.H2S.U.V.W.Y.H2/c1-13(2)9-18(32)29(39)26(5,6)28(8,25(3,4)27(29,7)38)42-24-22(36)21(35)20(34)17(41-24)12-40-23(37)14-10-15(30)19(33)16(31)11-14;;;;;;;;;/h9-11,17,20-22,24,30-31,33-36,38-39H,12H2,1-8H3;1H3;1H2;1H3;1H2;;;;;1H/t17?,20?,21?,22?,24?,27-,28-,29-;;;;;;;;;/m1........./s1. The Balaban J connectivity index is -0.000000430. The van der Waals surface area contributed by atoms with Gasteiger partial charge in [0.05, 0.1) is 11.2 Å². The van der Waals surface area contributed by atoms with Crippen molar-refractivity contribution in [2.24, 2.45) is 10.8 Å². The molecule has 50 heavy (non-hydrogen) atoms. The van der Waals surface area contributed by atoms with Crippen LogP contribution in [-0.2, 0) is 91.3 Å². The van der Waals surface area contributed by atoms with Crippen LogP contribution in [0.1, 0.15) is 67.2 Å². The van der Waals surface area contributed by atoms with Gasteiger partial charge in [-0.05, 0) is 45.9 Å². The summed E-state index contributed by atoms with van der Waals surface area (Å²) in [5, 5.41) is 84.6. The fourth-order valence-electron chi connectivity index (χ4n) is 6.21. The van der Waals surface area contributed by atoms with Crippen LogP contribution in [0.3, 0.4) is 0 Å². The molecule has 3 rings (SSSR count). The van der Waals surface area contributed by atoms with Crippen molar-refractivity contribution in [3.63, 3.8) is 0 Å². The summed E-state index contributed by atoms with van der Waals surface area (Å²) >= 11 is 0. The molecule has 2 fully saturated rings. The molecule has 0 bridgehead atoms. The second kappa shape index (κ2) is 22.2. The molecule has 1 saturated heterocycles. The molecule has 13 N–H and O–H groups in total. The van der Waals surface area contributed by atoms with Crippen molar-refractivity contribution in [1.29, 1.82) is 0 Å². The van der Waals surface area contributed by atoms with Crippen LogP contribution >= 0.6 is 23.4 Å². The Bertz CT molecular complexity index is 1300. The van der Waals surface area contributed by atoms with Crippen molar-refractivity contribution in [3.05, 3.63) is 29.3 Å². The molecule has 2 aliphatic rings. The molecule has 1 saturated carbocycles. The monoisotopic (exact) mass is 1270 g/mol. The summed E-state index contributed by atoms with van der Waals surface area (Å²) in [6.07, 6.45) is -7.38. The number of ketones is 1. The van der Waals surface area contributed by atoms with Crippen LogP contribution < -0.4 is 6.15 Å². The normalized spacial score (nSPS) is 31.3. The van der Waals surface area contributed by atoms with E-state index in [1.807, 2.05) is 0 Å². The predicted octanol–water partition coefficient (Wildman–Crippen LogP) is 0.373. The predicted molar refractivity (Wildman–Crippen MR) is 178 cm³/mol. The number of allylic oxidation sites excluding steroid dienone is 1. The number of phenolic OH excluding ortho intramolecular Hbond substituents is 3. The molecule has 9 atom stereocenters. The van der Waals surface area contributed by atoms with Crippen LogP contribution in [0.4, 0.5) is 0 Å². The summed E-state index contributed by atoms with van der Waals surface area (Å²) in [4.78, 5) is 25.9. The quantitative estimate of drug-likeness (QED) is 0.0773. The molecule has 1 aliphatic heterocycles. The summed E-state index contributed by atoms with van der Waals surface area (Å²) in [5.74, 6) is -4.24. The van der Waals surface area contributed by atoms with Crippen molar-refractivity contribution < 1.29 is 175 Å². The van der Waals surface area contributed by atoms with E-state index in [9.17, 15) is 50.4 Å². The number of hydrogen-bond acceptors (Lipinski definition) is 14. The first-order chi connectivity index (χ1) is 19.0. The van der Waals surface area contributed by atoms with Crippen molar-refractivity contribution in [2.45, 2.75) is 103 Å². The van der Waals surface area contributed by atoms with Gasteiger partial charge in [-0.2, -0.15) is 23.4 Å². The molecule has 1 aliphatic carbocycles. The summed E-state index contributed by atoms with van der Waals surface area (Å²) in [6.45, 7) is 11.7. The number of phenols is 3. The topological polar surface area (TPSA) is 290 Å². The van der Waals surface area contributed by atoms with Crippen LogP contribution in [0.5, 0.6) is 17.2 Å².